The second kappa shape index (κ2) is 11.9. The Bertz CT molecular complexity index is 930. The molecule has 2 N–H and O–H groups in total. The van der Waals surface area contributed by atoms with Crippen LogP contribution in [0.3, 0.4) is 0 Å². The quantitative estimate of drug-likeness (QED) is 0.379. The van der Waals surface area contributed by atoms with Crippen LogP contribution < -0.4 is 10.6 Å². The van der Waals surface area contributed by atoms with E-state index in [2.05, 4.69) is 29.3 Å². The van der Waals surface area contributed by atoms with Crippen LogP contribution in [0.1, 0.15) is 0 Å². The largest absolute Gasteiger partial charge is 0.324 e. The summed E-state index contributed by atoms with van der Waals surface area (Å²) in [6.07, 6.45) is 3.81. The van der Waals surface area contributed by atoms with Crippen molar-refractivity contribution in [2.24, 2.45) is 0 Å². The average Bonchev–Trinajstić information content (AvgIpc) is 3.41. The lowest BCUT2D eigenvalue weighted by Crippen LogP contribution is -2.18. The minimum Gasteiger partial charge on any atom is -0.324 e. The standard InChI is InChI=1S/C16H16N6O2S6/c1-25-13-19-15(29-21-13)27-7-11(23)17-9-5-3-4-6-10(9)18-12(24)8-28-16-20-14(26-2)22-30-16/h3-6H,7-8H2,1-2H3,(H,17,23)(H,18,24). The van der Waals surface area contributed by atoms with Crippen molar-refractivity contribution in [2.75, 3.05) is 34.7 Å². The molecule has 0 saturated carbocycles. The lowest BCUT2D eigenvalue weighted by molar-refractivity contribution is -0.114. The first-order chi connectivity index (χ1) is 14.6. The van der Waals surface area contributed by atoms with Gasteiger partial charge in [-0.1, -0.05) is 59.2 Å². The van der Waals surface area contributed by atoms with Gasteiger partial charge in [0.25, 0.3) is 0 Å². The molecule has 3 rings (SSSR count). The van der Waals surface area contributed by atoms with E-state index in [0.29, 0.717) is 21.7 Å². The van der Waals surface area contributed by atoms with Gasteiger partial charge in [-0.3, -0.25) is 9.59 Å². The molecule has 0 bridgehead atoms. The molecule has 0 unspecified atom stereocenters. The molecule has 3 aromatic rings. The molecule has 1 aromatic carbocycles. The molecule has 14 heteroatoms. The molecule has 158 valence electrons. The zero-order chi connectivity index (χ0) is 21.3. The van der Waals surface area contributed by atoms with Crippen molar-refractivity contribution in [3.05, 3.63) is 24.3 Å². The van der Waals surface area contributed by atoms with Gasteiger partial charge in [0.15, 0.2) is 8.68 Å². The number of thioether (sulfide) groups is 4. The summed E-state index contributed by atoms with van der Waals surface area (Å²) in [4.78, 5) is 33.3. The monoisotopic (exact) mass is 516 g/mol. The third-order valence-corrected chi connectivity index (χ3v) is 8.27. The molecule has 2 aromatic heterocycles. The van der Waals surface area contributed by atoms with Gasteiger partial charge in [0.05, 0.1) is 22.9 Å². The topological polar surface area (TPSA) is 110 Å². The zero-order valence-corrected chi connectivity index (χ0v) is 20.7. The third-order valence-electron chi connectivity index (χ3n) is 3.27. The molecular weight excluding hydrogens is 501 g/mol. The lowest BCUT2D eigenvalue weighted by Gasteiger charge is -2.11. The fourth-order valence-electron chi connectivity index (χ4n) is 2.01. The fraction of sp³-hybridized carbons (Fsp3) is 0.250. The van der Waals surface area contributed by atoms with Crippen LogP contribution in [0.5, 0.6) is 0 Å². The molecule has 0 aliphatic heterocycles. The summed E-state index contributed by atoms with van der Waals surface area (Å²) in [6, 6.07) is 7.09. The van der Waals surface area contributed by atoms with Crippen LogP contribution in [-0.4, -0.2) is 54.5 Å². The number of rotatable bonds is 10. The Morgan fingerprint density at radius 2 is 1.27 bits per heavy atom. The number of carbonyl (C=O) groups excluding carboxylic acids is 2. The smallest absolute Gasteiger partial charge is 0.234 e. The van der Waals surface area contributed by atoms with Gasteiger partial charge in [0.1, 0.15) is 0 Å². The molecule has 0 atom stereocenters. The first-order valence-electron chi connectivity index (χ1n) is 8.27. The zero-order valence-electron chi connectivity index (χ0n) is 15.8. The van der Waals surface area contributed by atoms with Gasteiger partial charge in [0.2, 0.25) is 22.1 Å². The normalized spacial score (nSPS) is 10.7. The van der Waals surface area contributed by atoms with Crippen molar-refractivity contribution < 1.29 is 9.59 Å². The second-order valence-electron chi connectivity index (χ2n) is 5.31. The number of aromatic nitrogens is 4. The van der Waals surface area contributed by atoms with Crippen LogP contribution >= 0.6 is 70.1 Å². The number of hydrogen-bond acceptors (Lipinski definition) is 12. The number of carbonyl (C=O) groups is 2. The molecule has 0 aliphatic carbocycles. The Hall–Kier alpha value is -1.32. The predicted molar refractivity (Wildman–Crippen MR) is 129 cm³/mol. The highest BCUT2D eigenvalue weighted by Crippen LogP contribution is 2.26. The average molecular weight is 517 g/mol. The van der Waals surface area contributed by atoms with Gasteiger partial charge in [-0.2, -0.15) is 8.75 Å². The van der Waals surface area contributed by atoms with Crippen molar-refractivity contribution >= 4 is 93.3 Å². The number of nitrogens with zero attached hydrogens (tertiary/aromatic N) is 4. The van der Waals surface area contributed by atoms with E-state index in [9.17, 15) is 9.59 Å². The van der Waals surface area contributed by atoms with Gasteiger partial charge in [-0.25, -0.2) is 9.97 Å². The van der Waals surface area contributed by atoms with E-state index < -0.39 is 0 Å². The van der Waals surface area contributed by atoms with E-state index in [1.807, 2.05) is 12.5 Å². The summed E-state index contributed by atoms with van der Waals surface area (Å²) in [5.74, 6) is 0.0391. The van der Waals surface area contributed by atoms with E-state index in [1.165, 1.54) is 70.1 Å². The number of anilines is 2. The van der Waals surface area contributed by atoms with Crippen molar-refractivity contribution in [2.45, 2.75) is 19.0 Å². The van der Waals surface area contributed by atoms with Crippen molar-refractivity contribution in [1.82, 2.24) is 18.7 Å². The van der Waals surface area contributed by atoms with Crippen molar-refractivity contribution in [3.8, 4) is 0 Å². The summed E-state index contributed by atoms with van der Waals surface area (Å²) in [5.41, 5.74) is 1.09. The number of hydrogen-bond donors (Lipinski definition) is 2. The van der Waals surface area contributed by atoms with Crippen LogP contribution in [0.2, 0.25) is 0 Å². The van der Waals surface area contributed by atoms with Crippen LogP contribution in [0.15, 0.2) is 43.3 Å². The minimum atomic E-state index is -0.185. The Kier molecular flexibility index (Phi) is 9.27. The Balaban J connectivity index is 1.51. The molecular formula is C16H16N6O2S6. The first-order valence-corrected chi connectivity index (χ1v) is 14.2. The number of amides is 2. The van der Waals surface area contributed by atoms with Gasteiger partial charge < -0.3 is 10.6 Å². The molecule has 0 aliphatic rings. The van der Waals surface area contributed by atoms with Crippen molar-refractivity contribution in [1.29, 1.82) is 0 Å². The van der Waals surface area contributed by atoms with Crippen LogP contribution in [0.25, 0.3) is 0 Å². The maximum absolute atomic E-state index is 12.3. The third kappa shape index (κ3) is 7.13. The van der Waals surface area contributed by atoms with Gasteiger partial charge >= 0.3 is 0 Å². The minimum absolute atomic E-state index is 0.185. The summed E-state index contributed by atoms with van der Waals surface area (Å²) in [5, 5.41) is 7.08. The van der Waals surface area contributed by atoms with E-state index in [-0.39, 0.29) is 23.3 Å². The molecule has 8 nitrogen and oxygen atoms in total. The Morgan fingerprint density at radius 1 is 0.833 bits per heavy atom. The highest BCUT2D eigenvalue weighted by atomic mass is 32.2. The van der Waals surface area contributed by atoms with E-state index in [4.69, 9.17) is 0 Å². The molecule has 0 fully saturated rings. The molecule has 0 spiro atoms. The molecule has 2 amide bonds. The summed E-state index contributed by atoms with van der Waals surface area (Å²) in [7, 11) is 0. The second-order valence-corrected chi connectivity index (χ2v) is 10.8. The summed E-state index contributed by atoms with van der Waals surface area (Å²) >= 11 is 8.13. The van der Waals surface area contributed by atoms with E-state index in [0.717, 1.165) is 8.68 Å². The van der Waals surface area contributed by atoms with Crippen LogP contribution in [0.4, 0.5) is 11.4 Å². The number of para-hydroxylation sites is 2. The molecule has 0 radical (unpaired) electrons. The van der Waals surface area contributed by atoms with Crippen molar-refractivity contribution in [3.63, 3.8) is 0 Å². The highest BCUT2D eigenvalue weighted by molar-refractivity contribution is 8.02. The SMILES string of the molecule is CSc1nsc(SCC(=O)Nc2ccccc2NC(=O)CSc2nc(SC)ns2)n1. The maximum atomic E-state index is 12.3. The lowest BCUT2D eigenvalue weighted by atomic mass is 10.2. The van der Waals surface area contributed by atoms with Gasteiger partial charge in [0, 0.05) is 0 Å². The summed E-state index contributed by atoms with van der Waals surface area (Å²) in [6.45, 7) is 0. The van der Waals surface area contributed by atoms with E-state index >= 15 is 0 Å². The fourth-order valence-corrected chi connectivity index (χ4v) is 6.02. The molecule has 2 heterocycles. The Labute approximate surface area is 198 Å². The highest BCUT2D eigenvalue weighted by Gasteiger charge is 2.13. The van der Waals surface area contributed by atoms with E-state index in [1.54, 1.807) is 24.3 Å². The van der Waals surface area contributed by atoms with Crippen LogP contribution in [-0.2, 0) is 9.59 Å². The Morgan fingerprint density at radius 3 is 1.63 bits per heavy atom. The summed E-state index contributed by atoms with van der Waals surface area (Å²) < 4.78 is 9.83. The van der Waals surface area contributed by atoms with Gasteiger partial charge in [-0.05, 0) is 47.7 Å². The van der Waals surface area contributed by atoms with Crippen LogP contribution in [0, 0.1) is 0 Å². The molecule has 0 saturated heterocycles. The predicted octanol–water partition coefficient (Wildman–Crippen LogP) is 4.30. The maximum Gasteiger partial charge on any atom is 0.234 e. The number of nitrogens with one attached hydrogen (secondary N) is 2. The first kappa shape index (κ1) is 23.3. The molecule has 30 heavy (non-hydrogen) atoms. The number of benzene rings is 1. The van der Waals surface area contributed by atoms with Gasteiger partial charge in [-0.15, -0.1) is 0 Å².